The van der Waals surface area contributed by atoms with Gasteiger partial charge in [0, 0.05) is 23.0 Å². The van der Waals surface area contributed by atoms with Crippen molar-refractivity contribution in [1.29, 1.82) is 0 Å². The molecule has 0 bridgehead atoms. The normalized spacial score (nSPS) is 10.2. The van der Waals surface area contributed by atoms with E-state index < -0.39 is 0 Å². The molecule has 0 fully saturated rings. The average molecular weight is 285 g/mol. The Morgan fingerprint density at radius 1 is 1.38 bits per heavy atom. The predicted octanol–water partition coefficient (Wildman–Crippen LogP) is 2.20. The van der Waals surface area contributed by atoms with Gasteiger partial charge in [-0.05, 0) is 11.6 Å². The van der Waals surface area contributed by atoms with Gasteiger partial charge in [-0.25, -0.2) is 9.97 Å². The van der Waals surface area contributed by atoms with Crippen LogP contribution in [0.3, 0.4) is 0 Å². The van der Waals surface area contributed by atoms with E-state index in [4.69, 9.17) is 0 Å². The van der Waals surface area contributed by atoms with E-state index in [0.29, 0.717) is 0 Å². The first kappa shape index (κ1) is 8.68. The number of alkyl halides is 1. The maximum Gasteiger partial charge on any atom is 0.137 e. The molecule has 0 spiro atoms. The van der Waals surface area contributed by atoms with Gasteiger partial charge in [0.1, 0.15) is 12.1 Å². The van der Waals surface area contributed by atoms with E-state index in [2.05, 4.69) is 38.6 Å². The van der Waals surface area contributed by atoms with Gasteiger partial charge in [-0.1, -0.05) is 28.7 Å². The van der Waals surface area contributed by atoms with E-state index in [1.165, 1.54) is 5.56 Å². The predicted molar refractivity (Wildman–Crippen MR) is 59.1 cm³/mol. The van der Waals surface area contributed by atoms with Crippen molar-refractivity contribution >= 4 is 22.6 Å². The molecule has 3 nitrogen and oxygen atoms in total. The Labute approximate surface area is 90.0 Å². The molecule has 0 atom stereocenters. The van der Waals surface area contributed by atoms with Gasteiger partial charge in [-0.3, -0.25) is 4.57 Å². The van der Waals surface area contributed by atoms with Gasteiger partial charge in [0.15, 0.2) is 0 Å². The monoisotopic (exact) mass is 285 g/mol. The van der Waals surface area contributed by atoms with E-state index in [1.807, 2.05) is 23.0 Å². The number of pyridine rings is 1. The molecule has 2 aromatic rings. The highest BCUT2D eigenvalue weighted by molar-refractivity contribution is 14.1. The standard InChI is InChI=1S/C9H8IN3/c10-5-8-1-2-9(12-6-8)13-4-3-11-7-13/h1-4,6-7H,5H2. The summed E-state index contributed by atoms with van der Waals surface area (Å²) in [5, 5.41) is 0. The van der Waals surface area contributed by atoms with Gasteiger partial charge in [0.2, 0.25) is 0 Å². The second-order valence-electron chi connectivity index (χ2n) is 2.63. The largest absolute Gasteiger partial charge is 0.291 e. The lowest BCUT2D eigenvalue weighted by Crippen LogP contribution is -1.93. The third-order valence-electron chi connectivity index (χ3n) is 1.73. The molecule has 0 unspecified atom stereocenters. The topological polar surface area (TPSA) is 30.7 Å². The molecule has 13 heavy (non-hydrogen) atoms. The Hall–Kier alpha value is -0.910. The highest BCUT2D eigenvalue weighted by atomic mass is 127. The van der Waals surface area contributed by atoms with Gasteiger partial charge < -0.3 is 0 Å². The molecule has 0 saturated carbocycles. The molecule has 2 aromatic heterocycles. The highest BCUT2D eigenvalue weighted by Gasteiger charge is 1.95. The van der Waals surface area contributed by atoms with Crippen LogP contribution in [0.2, 0.25) is 0 Å². The van der Waals surface area contributed by atoms with Crippen LogP contribution in [0.1, 0.15) is 5.56 Å². The zero-order valence-corrected chi connectivity index (χ0v) is 9.05. The van der Waals surface area contributed by atoms with Gasteiger partial charge in [0.05, 0.1) is 0 Å². The molecule has 0 aliphatic heterocycles. The molecule has 0 aromatic carbocycles. The maximum absolute atomic E-state index is 4.31. The molecular formula is C9H8IN3. The summed E-state index contributed by atoms with van der Waals surface area (Å²) < 4.78 is 2.88. The summed E-state index contributed by atoms with van der Waals surface area (Å²) in [5.74, 6) is 0.908. The number of hydrogen-bond donors (Lipinski definition) is 0. The number of imidazole rings is 1. The average Bonchev–Trinajstić information content (AvgIpc) is 2.71. The van der Waals surface area contributed by atoms with Crippen LogP contribution in [0.15, 0.2) is 37.1 Å². The summed E-state index contributed by atoms with van der Waals surface area (Å²) in [6.45, 7) is 0. The Morgan fingerprint density at radius 3 is 2.85 bits per heavy atom. The van der Waals surface area contributed by atoms with E-state index in [0.717, 1.165) is 10.2 Å². The quantitative estimate of drug-likeness (QED) is 0.625. The second-order valence-corrected chi connectivity index (χ2v) is 3.39. The Morgan fingerprint density at radius 2 is 2.31 bits per heavy atom. The summed E-state index contributed by atoms with van der Waals surface area (Å²) in [5.41, 5.74) is 1.24. The number of aromatic nitrogens is 3. The fraction of sp³-hybridized carbons (Fsp3) is 0.111. The van der Waals surface area contributed by atoms with Crippen molar-refractivity contribution in [2.45, 2.75) is 4.43 Å². The summed E-state index contributed by atoms with van der Waals surface area (Å²) in [6.07, 6.45) is 7.26. The summed E-state index contributed by atoms with van der Waals surface area (Å²) >= 11 is 2.32. The second kappa shape index (κ2) is 3.87. The Bertz CT molecular complexity index is 366. The summed E-state index contributed by atoms with van der Waals surface area (Å²) in [6, 6.07) is 4.07. The molecule has 0 N–H and O–H groups in total. The molecule has 4 heteroatoms. The smallest absolute Gasteiger partial charge is 0.137 e. The molecule has 2 heterocycles. The lowest BCUT2D eigenvalue weighted by molar-refractivity contribution is 0.988. The van der Waals surface area contributed by atoms with Crippen LogP contribution in [-0.2, 0) is 4.43 Å². The highest BCUT2D eigenvalue weighted by Crippen LogP contribution is 2.07. The fourth-order valence-corrected chi connectivity index (χ4v) is 1.49. The zero-order valence-electron chi connectivity index (χ0n) is 6.89. The fourth-order valence-electron chi connectivity index (χ4n) is 1.04. The van der Waals surface area contributed by atoms with E-state index in [-0.39, 0.29) is 0 Å². The Balaban J connectivity index is 2.33. The third-order valence-corrected chi connectivity index (χ3v) is 2.61. The molecule has 66 valence electrons. The van der Waals surface area contributed by atoms with Crippen LogP contribution in [0.4, 0.5) is 0 Å². The SMILES string of the molecule is ICc1ccc(-n2ccnc2)nc1. The van der Waals surface area contributed by atoms with Crippen LogP contribution in [-0.4, -0.2) is 14.5 Å². The van der Waals surface area contributed by atoms with Gasteiger partial charge in [-0.15, -0.1) is 0 Å². The van der Waals surface area contributed by atoms with Gasteiger partial charge in [0.25, 0.3) is 0 Å². The van der Waals surface area contributed by atoms with E-state index >= 15 is 0 Å². The van der Waals surface area contributed by atoms with Crippen molar-refractivity contribution in [1.82, 2.24) is 14.5 Å². The van der Waals surface area contributed by atoms with Crippen LogP contribution < -0.4 is 0 Å². The van der Waals surface area contributed by atoms with Crippen LogP contribution in [0.5, 0.6) is 0 Å². The number of nitrogens with zero attached hydrogens (tertiary/aromatic N) is 3. The van der Waals surface area contributed by atoms with Crippen molar-refractivity contribution in [2.24, 2.45) is 0 Å². The van der Waals surface area contributed by atoms with Crippen molar-refractivity contribution < 1.29 is 0 Å². The molecule has 0 amide bonds. The number of rotatable bonds is 2. The molecule has 0 radical (unpaired) electrons. The number of halogens is 1. The van der Waals surface area contributed by atoms with Crippen molar-refractivity contribution in [3.05, 3.63) is 42.6 Å². The van der Waals surface area contributed by atoms with Crippen molar-refractivity contribution in [3.8, 4) is 5.82 Å². The first-order chi connectivity index (χ1) is 6.40. The summed E-state index contributed by atoms with van der Waals surface area (Å²) in [4.78, 5) is 8.27. The van der Waals surface area contributed by atoms with Gasteiger partial charge in [-0.2, -0.15) is 0 Å². The molecule has 0 saturated heterocycles. The maximum atomic E-state index is 4.31. The lowest BCUT2D eigenvalue weighted by atomic mass is 10.3. The van der Waals surface area contributed by atoms with Gasteiger partial charge >= 0.3 is 0 Å². The van der Waals surface area contributed by atoms with Crippen LogP contribution >= 0.6 is 22.6 Å². The minimum atomic E-state index is 0.908. The van der Waals surface area contributed by atoms with E-state index in [1.54, 1.807) is 12.5 Å². The first-order valence-corrected chi connectivity index (χ1v) is 5.42. The summed E-state index contributed by atoms with van der Waals surface area (Å²) in [7, 11) is 0. The molecule has 2 rings (SSSR count). The molecular weight excluding hydrogens is 277 g/mol. The lowest BCUT2D eigenvalue weighted by Gasteiger charge is -2.00. The van der Waals surface area contributed by atoms with E-state index in [9.17, 15) is 0 Å². The van der Waals surface area contributed by atoms with Crippen molar-refractivity contribution in [2.75, 3.05) is 0 Å². The third kappa shape index (κ3) is 1.88. The van der Waals surface area contributed by atoms with Crippen LogP contribution in [0, 0.1) is 0 Å². The minimum absolute atomic E-state index is 0.908. The first-order valence-electron chi connectivity index (χ1n) is 3.89. The van der Waals surface area contributed by atoms with Crippen LogP contribution in [0.25, 0.3) is 5.82 Å². The molecule has 0 aliphatic rings. The molecule has 0 aliphatic carbocycles. The Kier molecular flexibility index (Phi) is 2.58. The van der Waals surface area contributed by atoms with Crippen molar-refractivity contribution in [3.63, 3.8) is 0 Å². The number of hydrogen-bond acceptors (Lipinski definition) is 2. The minimum Gasteiger partial charge on any atom is -0.291 e. The zero-order chi connectivity index (χ0) is 9.10.